The Bertz CT molecular complexity index is 1210. The second-order valence-electron chi connectivity index (χ2n) is 8.26. The number of methoxy groups -OCH3 is 1. The number of para-hydroxylation sites is 1. The summed E-state index contributed by atoms with van der Waals surface area (Å²) in [6.07, 6.45) is 0.339. The fourth-order valence-corrected chi connectivity index (χ4v) is 4.61. The first-order valence-electron chi connectivity index (χ1n) is 10.3. The maximum Gasteiger partial charge on any atom is 0.320 e. The summed E-state index contributed by atoms with van der Waals surface area (Å²) >= 11 is 0. The molecule has 166 valence electrons. The molecule has 0 saturated heterocycles. The van der Waals surface area contributed by atoms with Crippen molar-refractivity contribution in [3.63, 3.8) is 0 Å². The van der Waals surface area contributed by atoms with Crippen molar-refractivity contribution in [1.82, 2.24) is 15.1 Å². The van der Waals surface area contributed by atoms with Crippen LogP contribution < -0.4 is 15.4 Å². The van der Waals surface area contributed by atoms with Gasteiger partial charge in [0.15, 0.2) is 11.6 Å². The van der Waals surface area contributed by atoms with E-state index in [0.717, 1.165) is 17.8 Å². The summed E-state index contributed by atoms with van der Waals surface area (Å²) in [6.45, 7) is 1.76. The second-order valence-corrected chi connectivity index (χ2v) is 8.26. The molecule has 1 spiro atoms. The minimum atomic E-state index is -1.01. The Morgan fingerprint density at radius 2 is 1.91 bits per heavy atom. The van der Waals surface area contributed by atoms with Crippen molar-refractivity contribution in [3.8, 4) is 11.6 Å². The van der Waals surface area contributed by atoms with Gasteiger partial charge in [-0.15, -0.1) is 5.10 Å². The van der Waals surface area contributed by atoms with Gasteiger partial charge >= 0.3 is 6.03 Å². The molecule has 0 unspecified atom stereocenters. The highest BCUT2D eigenvalue weighted by atomic mass is 19.2. The summed E-state index contributed by atoms with van der Waals surface area (Å²) in [5.74, 6) is -1.22. The van der Waals surface area contributed by atoms with E-state index in [0.29, 0.717) is 41.2 Å². The van der Waals surface area contributed by atoms with E-state index in [-0.39, 0.29) is 0 Å². The van der Waals surface area contributed by atoms with Crippen molar-refractivity contribution >= 4 is 11.8 Å². The first-order chi connectivity index (χ1) is 15.4. The van der Waals surface area contributed by atoms with E-state index >= 15 is 0 Å². The molecule has 1 aromatic heterocycles. The van der Waals surface area contributed by atoms with Crippen LogP contribution in [0.15, 0.2) is 42.5 Å². The van der Waals surface area contributed by atoms with Gasteiger partial charge < -0.3 is 15.2 Å². The molecule has 1 fully saturated rings. The van der Waals surface area contributed by atoms with Gasteiger partial charge in [0, 0.05) is 5.41 Å². The van der Waals surface area contributed by atoms with Gasteiger partial charge in [0.1, 0.15) is 5.82 Å². The standard InChI is InChI=1S/C23H22F2N4O3/c1-12-20(29(28-21(12)32-2)13-6-4-3-5-7-13)27-22(31)26-18-14-10-16(24)17(25)11-15(14)23(8-9-23)19(18)30/h3-7,10-11,18-19,30H,8-9H2,1-2H3,(H2,26,27,31)/t18-,19+/m1/s1. The molecule has 3 N–H and O–H groups in total. The molecule has 2 aromatic carbocycles. The van der Waals surface area contributed by atoms with Crippen LogP contribution in [0.2, 0.25) is 0 Å². The number of hydrogen-bond donors (Lipinski definition) is 3. The van der Waals surface area contributed by atoms with E-state index in [4.69, 9.17) is 4.74 Å². The summed E-state index contributed by atoms with van der Waals surface area (Å²) < 4.78 is 34.7. The number of halogens is 2. The maximum atomic E-state index is 14.0. The van der Waals surface area contributed by atoms with Crippen LogP contribution in [0.4, 0.5) is 19.4 Å². The van der Waals surface area contributed by atoms with Gasteiger partial charge in [0.25, 0.3) is 0 Å². The summed E-state index contributed by atoms with van der Waals surface area (Å²) in [5.41, 5.74) is 1.66. The Kier molecular flexibility index (Phi) is 4.67. The molecule has 0 aliphatic heterocycles. The maximum absolute atomic E-state index is 14.0. The molecule has 2 amide bonds. The van der Waals surface area contributed by atoms with Crippen molar-refractivity contribution in [2.45, 2.75) is 37.3 Å². The van der Waals surface area contributed by atoms with E-state index in [9.17, 15) is 18.7 Å². The van der Waals surface area contributed by atoms with Gasteiger partial charge in [0.2, 0.25) is 5.88 Å². The third-order valence-electron chi connectivity index (χ3n) is 6.43. The first-order valence-corrected chi connectivity index (χ1v) is 10.3. The van der Waals surface area contributed by atoms with Crippen LogP contribution in [0.1, 0.15) is 35.6 Å². The van der Waals surface area contributed by atoms with E-state index < -0.39 is 35.2 Å². The number of hydrogen-bond acceptors (Lipinski definition) is 4. The molecule has 0 bridgehead atoms. The molecule has 5 rings (SSSR count). The summed E-state index contributed by atoms with van der Waals surface area (Å²) in [7, 11) is 1.49. The number of rotatable bonds is 4. The zero-order chi connectivity index (χ0) is 22.6. The largest absolute Gasteiger partial charge is 0.480 e. The number of anilines is 1. The smallest absolute Gasteiger partial charge is 0.320 e. The van der Waals surface area contributed by atoms with Gasteiger partial charge in [0.05, 0.1) is 30.5 Å². The van der Waals surface area contributed by atoms with Crippen LogP contribution in [-0.2, 0) is 5.41 Å². The van der Waals surface area contributed by atoms with Crippen molar-refractivity contribution in [1.29, 1.82) is 0 Å². The predicted octanol–water partition coefficient (Wildman–Crippen LogP) is 3.74. The van der Waals surface area contributed by atoms with Crippen LogP contribution in [0.5, 0.6) is 5.88 Å². The second kappa shape index (κ2) is 7.30. The van der Waals surface area contributed by atoms with Crippen molar-refractivity contribution in [3.05, 3.63) is 70.8 Å². The molecule has 2 atom stereocenters. The first kappa shape index (κ1) is 20.4. The normalized spacial score (nSPS) is 20.2. The van der Waals surface area contributed by atoms with Crippen LogP contribution in [-0.4, -0.2) is 34.1 Å². The molecule has 0 radical (unpaired) electrons. The average Bonchev–Trinajstić information content (AvgIpc) is 3.50. The number of benzene rings is 2. The molecule has 3 aromatic rings. The summed E-state index contributed by atoms with van der Waals surface area (Å²) in [6, 6.07) is 9.96. The Balaban J connectivity index is 1.44. The van der Waals surface area contributed by atoms with Gasteiger partial charge in [-0.1, -0.05) is 18.2 Å². The number of carbonyl (C=O) groups is 1. The number of nitrogens with zero attached hydrogens (tertiary/aromatic N) is 2. The number of aliphatic hydroxyl groups excluding tert-OH is 1. The lowest BCUT2D eigenvalue weighted by Crippen LogP contribution is -2.39. The molecular weight excluding hydrogens is 418 g/mol. The highest BCUT2D eigenvalue weighted by Gasteiger charge is 2.59. The molecule has 2 aliphatic rings. The lowest BCUT2D eigenvalue weighted by Gasteiger charge is -2.21. The topological polar surface area (TPSA) is 88.4 Å². The number of amides is 2. The highest BCUT2D eigenvalue weighted by molar-refractivity contribution is 5.90. The number of fused-ring (bicyclic) bond motifs is 2. The monoisotopic (exact) mass is 440 g/mol. The lowest BCUT2D eigenvalue weighted by molar-refractivity contribution is 0.109. The Morgan fingerprint density at radius 3 is 2.56 bits per heavy atom. The zero-order valence-corrected chi connectivity index (χ0v) is 17.5. The predicted molar refractivity (Wildman–Crippen MR) is 113 cm³/mol. The lowest BCUT2D eigenvalue weighted by atomic mass is 9.96. The number of ether oxygens (including phenoxy) is 1. The van der Waals surface area contributed by atoms with Crippen LogP contribution in [0.25, 0.3) is 5.69 Å². The number of urea groups is 1. The van der Waals surface area contributed by atoms with Gasteiger partial charge in [-0.2, -0.15) is 0 Å². The molecule has 1 heterocycles. The van der Waals surface area contributed by atoms with Crippen molar-refractivity contribution in [2.24, 2.45) is 0 Å². The van der Waals surface area contributed by atoms with Crippen LogP contribution >= 0.6 is 0 Å². The minimum absolute atomic E-state index is 0.352. The van der Waals surface area contributed by atoms with Gasteiger partial charge in [-0.25, -0.2) is 18.3 Å². The fraction of sp³-hybridized carbons (Fsp3) is 0.304. The number of carbonyl (C=O) groups excluding carboxylic acids is 1. The van der Waals surface area contributed by atoms with Crippen molar-refractivity contribution < 1.29 is 23.4 Å². The summed E-state index contributed by atoms with van der Waals surface area (Å²) in [5, 5.41) is 20.8. The van der Waals surface area contributed by atoms with E-state index in [1.54, 1.807) is 11.6 Å². The van der Waals surface area contributed by atoms with E-state index in [2.05, 4.69) is 15.7 Å². The van der Waals surface area contributed by atoms with Gasteiger partial charge in [-0.3, -0.25) is 5.32 Å². The summed E-state index contributed by atoms with van der Waals surface area (Å²) in [4.78, 5) is 13.0. The molecule has 1 saturated carbocycles. The fourth-order valence-electron chi connectivity index (χ4n) is 4.61. The van der Waals surface area contributed by atoms with Crippen LogP contribution in [0, 0.1) is 18.6 Å². The van der Waals surface area contributed by atoms with Gasteiger partial charge in [-0.05, 0) is 55.2 Å². The number of aromatic nitrogens is 2. The minimum Gasteiger partial charge on any atom is -0.480 e. The Labute approximate surface area is 183 Å². The quantitative estimate of drug-likeness (QED) is 0.577. The van der Waals surface area contributed by atoms with Crippen molar-refractivity contribution in [2.75, 3.05) is 12.4 Å². The Hall–Kier alpha value is -3.46. The van der Waals surface area contributed by atoms with E-state index in [1.165, 1.54) is 7.11 Å². The third kappa shape index (κ3) is 3.03. The Morgan fingerprint density at radius 1 is 1.22 bits per heavy atom. The number of nitrogens with one attached hydrogen (secondary N) is 2. The molecule has 2 aliphatic carbocycles. The van der Waals surface area contributed by atoms with E-state index in [1.807, 2.05) is 30.3 Å². The molecule has 9 heteroatoms. The zero-order valence-electron chi connectivity index (χ0n) is 17.5. The SMILES string of the molecule is COc1nn(-c2ccccc2)c(NC(=O)N[C@@H]2c3cc(F)c(F)cc3C3(CC3)[C@H]2O)c1C. The number of aliphatic hydroxyl groups is 1. The molecule has 7 nitrogen and oxygen atoms in total. The average molecular weight is 440 g/mol. The highest BCUT2D eigenvalue weighted by Crippen LogP contribution is 2.60. The molecular formula is C23H22F2N4O3. The van der Waals surface area contributed by atoms with Crippen LogP contribution in [0.3, 0.4) is 0 Å². The third-order valence-corrected chi connectivity index (χ3v) is 6.43. The molecule has 32 heavy (non-hydrogen) atoms.